The number of sulfonamides is 1. The lowest BCUT2D eigenvalue weighted by atomic mass is 9.85. The SMILES string of the molecule is CC(C)C(C)(CC(=O)O)NC(=O)c1cccc(N2CCCS2(=O)=O)c1. The molecule has 2 N–H and O–H groups in total. The predicted octanol–water partition coefficient (Wildman–Crippen LogP) is 1.85. The van der Waals surface area contributed by atoms with Crippen LogP contribution in [0.2, 0.25) is 0 Å². The maximum atomic E-state index is 12.6. The molecule has 1 heterocycles. The van der Waals surface area contributed by atoms with Crippen molar-refractivity contribution in [2.24, 2.45) is 5.92 Å². The summed E-state index contributed by atoms with van der Waals surface area (Å²) in [5.41, 5.74) is -0.148. The second-order valence-electron chi connectivity index (χ2n) is 6.89. The van der Waals surface area contributed by atoms with Crippen LogP contribution in [-0.4, -0.2) is 43.2 Å². The number of rotatable bonds is 6. The summed E-state index contributed by atoms with van der Waals surface area (Å²) in [6.45, 7) is 5.78. The second-order valence-corrected chi connectivity index (χ2v) is 8.90. The van der Waals surface area contributed by atoms with E-state index in [0.29, 0.717) is 24.2 Å². The van der Waals surface area contributed by atoms with Gasteiger partial charge in [-0.15, -0.1) is 0 Å². The van der Waals surface area contributed by atoms with Crippen LogP contribution in [0, 0.1) is 5.92 Å². The highest BCUT2D eigenvalue weighted by Gasteiger charge is 2.33. The van der Waals surface area contributed by atoms with Crippen LogP contribution in [0.25, 0.3) is 0 Å². The number of benzene rings is 1. The number of aliphatic carboxylic acids is 1. The Balaban J connectivity index is 2.25. The van der Waals surface area contributed by atoms with Gasteiger partial charge in [0.1, 0.15) is 0 Å². The van der Waals surface area contributed by atoms with E-state index < -0.39 is 27.4 Å². The van der Waals surface area contributed by atoms with Crippen LogP contribution in [0.1, 0.15) is 44.0 Å². The number of hydrogen-bond donors (Lipinski definition) is 2. The largest absolute Gasteiger partial charge is 0.481 e. The Morgan fingerprint density at radius 2 is 2.04 bits per heavy atom. The third-order valence-electron chi connectivity index (χ3n) is 4.69. The van der Waals surface area contributed by atoms with E-state index in [1.54, 1.807) is 25.1 Å². The Morgan fingerprint density at radius 1 is 1.36 bits per heavy atom. The Kier molecular flexibility index (Phi) is 5.41. The summed E-state index contributed by atoms with van der Waals surface area (Å²) in [6, 6.07) is 6.39. The Labute approximate surface area is 148 Å². The minimum atomic E-state index is -3.32. The fraction of sp³-hybridized carbons (Fsp3) is 0.529. The normalized spacial score (nSPS) is 18.8. The molecule has 0 spiro atoms. The van der Waals surface area contributed by atoms with E-state index in [2.05, 4.69) is 5.32 Å². The summed E-state index contributed by atoms with van der Waals surface area (Å²) >= 11 is 0. The zero-order valence-electron chi connectivity index (χ0n) is 14.7. The van der Waals surface area contributed by atoms with Crippen LogP contribution in [0.5, 0.6) is 0 Å². The lowest BCUT2D eigenvalue weighted by Crippen LogP contribution is -2.51. The summed E-state index contributed by atoms with van der Waals surface area (Å²) < 4.78 is 25.4. The van der Waals surface area contributed by atoms with Gasteiger partial charge >= 0.3 is 5.97 Å². The van der Waals surface area contributed by atoms with Crippen LogP contribution in [0.3, 0.4) is 0 Å². The fourth-order valence-electron chi connectivity index (χ4n) is 2.77. The summed E-state index contributed by atoms with van der Waals surface area (Å²) in [4.78, 5) is 23.7. The van der Waals surface area contributed by atoms with E-state index in [4.69, 9.17) is 5.11 Å². The van der Waals surface area contributed by atoms with Crippen LogP contribution in [0.15, 0.2) is 24.3 Å². The van der Waals surface area contributed by atoms with E-state index in [1.807, 2.05) is 13.8 Å². The third kappa shape index (κ3) is 4.31. The van der Waals surface area contributed by atoms with Gasteiger partial charge < -0.3 is 10.4 Å². The number of carboxylic acid groups (broad SMARTS) is 1. The van der Waals surface area contributed by atoms with E-state index >= 15 is 0 Å². The summed E-state index contributed by atoms with van der Waals surface area (Å²) in [6.07, 6.45) is 0.361. The van der Waals surface area contributed by atoms with Crippen LogP contribution < -0.4 is 9.62 Å². The first kappa shape index (κ1) is 19.2. The van der Waals surface area contributed by atoms with Gasteiger partial charge in [0.2, 0.25) is 10.0 Å². The third-order valence-corrected chi connectivity index (χ3v) is 6.56. The van der Waals surface area contributed by atoms with E-state index in [9.17, 15) is 18.0 Å². The van der Waals surface area contributed by atoms with E-state index in [0.717, 1.165) is 0 Å². The lowest BCUT2D eigenvalue weighted by molar-refractivity contribution is -0.138. The number of anilines is 1. The molecule has 1 aliphatic heterocycles. The molecule has 0 aliphatic carbocycles. The van der Waals surface area contributed by atoms with Crippen molar-refractivity contribution in [2.75, 3.05) is 16.6 Å². The first-order chi connectivity index (χ1) is 11.5. The highest BCUT2D eigenvalue weighted by atomic mass is 32.2. The maximum absolute atomic E-state index is 12.6. The Morgan fingerprint density at radius 3 is 2.56 bits per heavy atom. The van der Waals surface area contributed by atoms with Gasteiger partial charge in [-0.1, -0.05) is 19.9 Å². The van der Waals surface area contributed by atoms with E-state index in [1.165, 1.54) is 10.4 Å². The smallest absolute Gasteiger partial charge is 0.305 e. The average Bonchev–Trinajstić information content (AvgIpc) is 2.85. The molecule has 8 heteroatoms. The van der Waals surface area contributed by atoms with Crippen LogP contribution in [0.4, 0.5) is 5.69 Å². The number of amides is 1. The molecule has 1 unspecified atom stereocenters. The molecule has 1 amide bonds. The lowest BCUT2D eigenvalue weighted by Gasteiger charge is -2.33. The van der Waals surface area contributed by atoms with Crippen LogP contribution in [-0.2, 0) is 14.8 Å². The number of carboxylic acids is 1. The topological polar surface area (TPSA) is 104 Å². The van der Waals surface area contributed by atoms with Gasteiger partial charge in [0, 0.05) is 12.1 Å². The van der Waals surface area contributed by atoms with Crippen molar-refractivity contribution in [3.8, 4) is 0 Å². The summed E-state index contributed by atoms with van der Waals surface area (Å²) in [7, 11) is -3.32. The van der Waals surface area contributed by atoms with Crippen molar-refractivity contribution in [2.45, 2.75) is 39.2 Å². The quantitative estimate of drug-likeness (QED) is 0.797. The van der Waals surface area contributed by atoms with Gasteiger partial charge in [-0.2, -0.15) is 0 Å². The minimum absolute atomic E-state index is 0.0882. The fourth-order valence-corrected chi connectivity index (χ4v) is 4.33. The molecule has 138 valence electrons. The number of nitrogens with one attached hydrogen (secondary N) is 1. The summed E-state index contributed by atoms with van der Waals surface area (Å²) in [5.74, 6) is -1.40. The monoisotopic (exact) mass is 368 g/mol. The zero-order valence-corrected chi connectivity index (χ0v) is 15.5. The number of carbonyl (C=O) groups is 2. The van der Waals surface area contributed by atoms with Gasteiger partial charge in [0.25, 0.3) is 5.91 Å². The van der Waals surface area contributed by atoms with E-state index in [-0.39, 0.29) is 18.1 Å². The van der Waals surface area contributed by atoms with Gasteiger partial charge in [-0.3, -0.25) is 13.9 Å². The molecule has 2 rings (SSSR count). The van der Waals surface area contributed by atoms with Crippen molar-refractivity contribution in [1.82, 2.24) is 5.32 Å². The molecule has 0 radical (unpaired) electrons. The molecule has 25 heavy (non-hydrogen) atoms. The number of carbonyl (C=O) groups excluding carboxylic acids is 1. The number of nitrogens with zero attached hydrogens (tertiary/aromatic N) is 1. The van der Waals surface area contributed by atoms with Crippen molar-refractivity contribution >= 4 is 27.6 Å². The Hall–Kier alpha value is -2.09. The average molecular weight is 368 g/mol. The highest BCUT2D eigenvalue weighted by Crippen LogP contribution is 2.26. The molecule has 1 aromatic carbocycles. The zero-order chi connectivity index (χ0) is 18.8. The second kappa shape index (κ2) is 7.03. The molecule has 0 bridgehead atoms. The van der Waals surface area contributed by atoms with Crippen molar-refractivity contribution < 1.29 is 23.1 Å². The standard InChI is InChI=1S/C17H24N2O5S/c1-12(2)17(3,11-15(20)21)18-16(22)13-6-4-7-14(10-13)19-8-5-9-25(19,23)24/h4,6-7,10,12H,5,8-9,11H2,1-3H3,(H,18,22)(H,20,21). The molecule has 1 fully saturated rings. The number of hydrogen-bond acceptors (Lipinski definition) is 4. The van der Waals surface area contributed by atoms with Gasteiger partial charge in [0.15, 0.2) is 0 Å². The molecule has 1 saturated heterocycles. The molecular weight excluding hydrogens is 344 g/mol. The summed E-state index contributed by atoms with van der Waals surface area (Å²) in [5, 5.41) is 11.9. The molecule has 1 aliphatic rings. The maximum Gasteiger partial charge on any atom is 0.305 e. The first-order valence-corrected chi connectivity index (χ1v) is 9.81. The molecule has 0 saturated carbocycles. The van der Waals surface area contributed by atoms with Gasteiger partial charge in [-0.25, -0.2) is 8.42 Å². The molecule has 1 atom stereocenters. The molecule has 1 aromatic rings. The van der Waals surface area contributed by atoms with Gasteiger partial charge in [-0.05, 0) is 37.5 Å². The molecular formula is C17H24N2O5S. The Bertz CT molecular complexity index is 775. The molecule has 0 aromatic heterocycles. The first-order valence-electron chi connectivity index (χ1n) is 8.20. The van der Waals surface area contributed by atoms with Gasteiger partial charge in [0.05, 0.1) is 23.4 Å². The highest BCUT2D eigenvalue weighted by molar-refractivity contribution is 7.93. The minimum Gasteiger partial charge on any atom is -0.481 e. The molecule has 7 nitrogen and oxygen atoms in total. The predicted molar refractivity (Wildman–Crippen MR) is 95.2 cm³/mol. The van der Waals surface area contributed by atoms with Crippen molar-refractivity contribution in [3.63, 3.8) is 0 Å². The van der Waals surface area contributed by atoms with Crippen LogP contribution >= 0.6 is 0 Å². The van der Waals surface area contributed by atoms with Crippen molar-refractivity contribution in [1.29, 1.82) is 0 Å². The van der Waals surface area contributed by atoms with Crippen molar-refractivity contribution in [3.05, 3.63) is 29.8 Å².